The van der Waals surface area contributed by atoms with Crippen LogP contribution in [0.25, 0.3) is 16.9 Å². The summed E-state index contributed by atoms with van der Waals surface area (Å²) in [7, 11) is 0. The van der Waals surface area contributed by atoms with Gasteiger partial charge in [0.05, 0.1) is 30.0 Å². The Bertz CT molecular complexity index is 1290. The van der Waals surface area contributed by atoms with Crippen LogP contribution in [0.3, 0.4) is 0 Å². The van der Waals surface area contributed by atoms with Gasteiger partial charge in [-0.2, -0.15) is 10.4 Å². The lowest BCUT2D eigenvalue weighted by Crippen LogP contribution is -2.17. The molecule has 4 aromatic rings. The van der Waals surface area contributed by atoms with E-state index in [-0.39, 0.29) is 5.91 Å². The number of anilines is 1. The molecule has 0 radical (unpaired) electrons. The van der Waals surface area contributed by atoms with Gasteiger partial charge in [-0.1, -0.05) is 30.3 Å². The molecule has 0 aliphatic carbocycles. The fraction of sp³-hybridized carbons (Fsp3) is 0.167. The molecule has 0 aliphatic rings. The summed E-state index contributed by atoms with van der Waals surface area (Å²) in [5.74, 6) is 0.0908. The van der Waals surface area contributed by atoms with Crippen LogP contribution in [-0.2, 0) is 12.0 Å². The minimum atomic E-state index is -0.974. The van der Waals surface area contributed by atoms with Crippen molar-refractivity contribution in [1.29, 1.82) is 5.26 Å². The standard InChI is InChI=1S/C24H21N5O2/c1-24(2,31)19-8-6-17(7-9-19)23(30)28-21-15-20(29-22(27-21)11-13-26-29)18-5-3-4-16(14-18)10-12-25/h3-9,11,13-15,31H,10H2,1-2H3,(H,27,28,30). The lowest BCUT2D eigenvalue weighted by atomic mass is 9.97. The maximum Gasteiger partial charge on any atom is 0.256 e. The average Bonchev–Trinajstić information content (AvgIpc) is 3.22. The summed E-state index contributed by atoms with van der Waals surface area (Å²) in [5.41, 5.74) is 3.32. The first kappa shape index (κ1) is 20.3. The van der Waals surface area contributed by atoms with Crippen molar-refractivity contribution in [3.8, 4) is 17.3 Å². The predicted molar refractivity (Wildman–Crippen MR) is 117 cm³/mol. The third-order valence-corrected chi connectivity index (χ3v) is 4.96. The van der Waals surface area contributed by atoms with E-state index in [1.54, 1.807) is 61.0 Å². The highest BCUT2D eigenvalue weighted by molar-refractivity contribution is 6.04. The van der Waals surface area contributed by atoms with E-state index in [1.807, 2.05) is 24.3 Å². The molecule has 2 aromatic carbocycles. The topological polar surface area (TPSA) is 103 Å². The van der Waals surface area contributed by atoms with Gasteiger partial charge < -0.3 is 10.4 Å². The van der Waals surface area contributed by atoms with Crippen LogP contribution < -0.4 is 5.32 Å². The van der Waals surface area contributed by atoms with Crippen molar-refractivity contribution >= 4 is 17.4 Å². The number of carbonyl (C=O) groups excluding carboxylic acids is 1. The minimum Gasteiger partial charge on any atom is -0.386 e. The Morgan fingerprint density at radius 1 is 1.16 bits per heavy atom. The summed E-state index contributed by atoms with van der Waals surface area (Å²) < 4.78 is 1.69. The smallest absolute Gasteiger partial charge is 0.256 e. The number of nitriles is 1. The van der Waals surface area contributed by atoms with Gasteiger partial charge in [0.25, 0.3) is 5.91 Å². The van der Waals surface area contributed by atoms with E-state index in [0.717, 1.165) is 22.4 Å². The second-order valence-corrected chi connectivity index (χ2v) is 7.75. The van der Waals surface area contributed by atoms with Gasteiger partial charge in [0.2, 0.25) is 0 Å². The Balaban J connectivity index is 1.67. The van der Waals surface area contributed by atoms with Crippen molar-refractivity contribution in [1.82, 2.24) is 14.6 Å². The van der Waals surface area contributed by atoms with Crippen LogP contribution >= 0.6 is 0 Å². The lowest BCUT2D eigenvalue weighted by Gasteiger charge is -2.17. The third-order valence-electron chi connectivity index (χ3n) is 4.96. The van der Waals surface area contributed by atoms with Gasteiger partial charge in [-0.15, -0.1) is 0 Å². The molecule has 4 rings (SSSR count). The second kappa shape index (κ2) is 8.01. The number of aliphatic hydroxyl groups is 1. The minimum absolute atomic E-state index is 0.303. The van der Waals surface area contributed by atoms with Gasteiger partial charge in [0, 0.05) is 23.3 Å². The third kappa shape index (κ3) is 4.29. The molecule has 2 heterocycles. The van der Waals surface area contributed by atoms with Gasteiger partial charge in [-0.3, -0.25) is 4.79 Å². The van der Waals surface area contributed by atoms with Crippen molar-refractivity contribution in [2.75, 3.05) is 5.32 Å². The molecule has 0 atom stereocenters. The van der Waals surface area contributed by atoms with E-state index in [2.05, 4.69) is 21.5 Å². The first-order chi connectivity index (χ1) is 14.8. The van der Waals surface area contributed by atoms with E-state index in [4.69, 9.17) is 5.26 Å². The monoisotopic (exact) mass is 411 g/mol. The summed E-state index contributed by atoms with van der Waals surface area (Å²) >= 11 is 0. The van der Waals surface area contributed by atoms with Crippen LogP contribution in [0.5, 0.6) is 0 Å². The van der Waals surface area contributed by atoms with Crippen molar-refractivity contribution < 1.29 is 9.90 Å². The number of hydrogen-bond donors (Lipinski definition) is 2. The number of hydrogen-bond acceptors (Lipinski definition) is 5. The number of benzene rings is 2. The number of amides is 1. The van der Waals surface area contributed by atoms with Crippen molar-refractivity contribution in [2.24, 2.45) is 0 Å². The van der Waals surface area contributed by atoms with E-state index in [0.29, 0.717) is 23.4 Å². The lowest BCUT2D eigenvalue weighted by molar-refractivity contribution is 0.0785. The summed E-state index contributed by atoms with van der Waals surface area (Å²) in [5, 5.41) is 26.3. The van der Waals surface area contributed by atoms with E-state index in [9.17, 15) is 9.90 Å². The zero-order valence-corrected chi connectivity index (χ0v) is 17.2. The molecule has 2 aromatic heterocycles. The van der Waals surface area contributed by atoms with Gasteiger partial charge in [-0.25, -0.2) is 9.50 Å². The van der Waals surface area contributed by atoms with Crippen LogP contribution in [-0.4, -0.2) is 25.6 Å². The first-order valence-corrected chi connectivity index (χ1v) is 9.80. The summed E-state index contributed by atoms with van der Waals surface area (Å²) in [4.78, 5) is 17.2. The fourth-order valence-corrected chi connectivity index (χ4v) is 3.33. The Morgan fingerprint density at radius 3 is 2.65 bits per heavy atom. The molecule has 31 heavy (non-hydrogen) atoms. The van der Waals surface area contributed by atoms with Crippen molar-refractivity contribution in [2.45, 2.75) is 25.9 Å². The normalized spacial score (nSPS) is 11.3. The van der Waals surface area contributed by atoms with Gasteiger partial charge >= 0.3 is 0 Å². The number of rotatable bonds is 5. The van der Waals surface area contributed by atoms with Gasteiger partial charge in [0.1, 0.15) is 5.82 Å². The molecule has 2 N–H and O–H groups in total. The highest BCUT2D eigenvalue weighted by atomic mass is 16.3. The molecular formula is C24H21N5O2. The number of aromatic nitrogens is 3. The largest absolute Gasteiger partial charge is 0.386 e. The summed E-state index contributed by atoms with van der Waals surface area (Å²) in [6.07, 6.45) is 1.96. The van der Waals surface area contributed by atoms with E-state index < -0.39 is 5.60 Å². The van der Waals surface area contributed by atoms with E-state index >= 15 is 0 Å². The molecule has 0 spiro atoms. The molecule has 1 amide bonds. The fourth-order valence-electron chi connectivity index (χ4n) is 3.33. The molecule has 0 bridgehead atoms. The SMILES string of the molecule is CC(C)(O)c1ccc(C(=O)Nc2cc(-c3cccc(CC#N)c3)n3nccc3n2)cc1. The van der Waals surface area contributed by atoms with Crippen LogP contribution in [0.1, 0.15) is 35.3 Å². The number of carbonyl (C=O) groups is 1. The van der Waals surface area contributed by atoms with Gasteiger partial charge in [-0.05, 0) is 43.2 Å². The predicted octanol–water partition coefficient (Wildman–Crippen LogP) is 3.94. The number of nitrogens with one attached hydrogen (secondary N) is 1. The molecular weight excluding hydrogens is 390 g/mol. The number of fused-ring (bicyclic) bond motifs is 1. The molecule has 0 saturated heterocycles. The van der Waals surface area contributed by atoms with Crippen LogP contribution in [0, 0.1) is 11.3 Å². The second-order valence-electron chi connectivity index (χ2n) is 7.75. The summed E-state index contributed by atoms with van der Waals surface area (Å²) in [6.45, 7) is 3.39. The Kier molecular flexibility index (Phi) is 5.24. The average molecular weight is 411 g/mol. The Hall–Kier alpha value is -4.02. The van der Waals surface area contributed by atoms with Crippen molar-refractivity contribution in [3.05, 3.63) is 83.6 Å². The number of nitrogens with zero attached hydrogens (tertiary/aromatic N) is 4. The highest BCUT2D eigenvalue weighted by Crippen LogP contribution is 2.25. The maximum absolute atomic E-state index is 12.8. The molecule has 7 heteroatoms. The van der Waals surface area contributed by atoms with Crippen molar-refractivity contribution in [3.63, 3.8) is 0 Å². The molecule has 0 aliphatic heterocycles. The van der Waals surface area contributed by atoms with Gasteiger partial charge in [0.15, 0.2) is 5.65 Å². The summed E-state index contributed by atoms with van der Waals surface area (Å²) in [6, 6.07) is 20.1. The zero-order valence-electron chi connectivity index (χ0n) is 17.2. The zero-order chi connectivity index (χ0) is 22.0. The molecule has 0 saturated carbocycles. The Labute approximate surface area is 179 Å². The Morgan fingerprint density at radius 2 is 1.94 bits per heavy atom. The highest BCUT2D eigenvalue weighted by Gasteiger charge is 2.17. The van der Waals surface area contributed by atoms with Crippen LogP contribution in [0.4, 0.5) is 5.82 Å². The maximum atomic E-state index is 12.8. The first-order valence-electron chi connectivity index (χ1n) is 9.80. The molecule has 0 fully saturated rings. The molecule has 154 valence electrons. The molecule has 0 unspecified atom stereocenters. The molecule has 7 nitrogen and oxygen atoms in total. The van der Waals surface area contributed by atoms with Crippen LogP contribution in [0.2, 0.25) is 0 Å². The van der Waals surface area contributed by atoms with E-state index in [1.165, 1.54) is 0 Å². The quantitative estimate of drug-likeness (QED) is 0.518. The van der Waals surface area contributed by atoms with Crippen LogP contribution in [0.15, 0.2) is 66.9 Å².